The number of carbonyl (C=O) groups is 1. The molecule has 1 aliphatic rings. The van der Waals surface area contributed by atoms with Crippen LogP contribution in [0.5, 0.6) is 0 Å². The van der Waals surface area contributed by atoms with Crippen molar-refractivity contribution in [1.29, 1.82) is 0 Å². The van der Waals surface area contributed by atoms with E-state index in [1.165, 1.54) is 12.1 Å². The summed E-state index contributed by atoms with van der Waals surface area (Å²) in [4.78, 5) is 11.9. The van der Waals surface area contributed by atoms with Crippen LogP contribution in [0.1, 0.15) is 12.5 Å². The lowest BCUT2D eigenvalue weighted by Crippen LogP contribution is -2.36. The second-order valence-electron chi connectivity index (χ2n) is 4.47. The number of hydrogen-bond donors (Lipinski definition) is 2. The highest BCUT2D eigenvalue weighted by molar-refractivity contribution is 9.10. The number of rotatable bonds is 2. The zero-order chi connectivity index (χ0) is 14.9. The van der Waals surface area contributed by atoms with Crippen molar-refractivity contribution in [1.82, 2.24) is 5.32 Å². The Bertz CT molecular complexity index is 575. The maximum absolute atomic E-state index is 12.9. The maximum Gasteiger partial charge on any atom is 0.418 e. The lowest BCUT2D eigenvalue weighted by atomic mass is 10.0. The number of anilines is 1. The highest BCUT2D eigenvalue weighted by Crippen LogP contribution is 2.36. The number of benzene rings is 1. The van der Waals surface area contributed by atoms with Gasteiger partial charge in [-0.15, -0.1) is 0 Å². The van der Waals surface area contributed by atoms with Gasteiger partial charge >= 0.3 is 6.18 Å². The van der Waals surface area contributed by atoms with Crippen molar-refractivity contribution in [2.75, 3.05) is 18.4 Å². The summed E-state index contributed by atoms with van der Waals surface area (Å²) in [6.07, 6.45) is -4.52. The van der Waals surface area contributed by atoms with Gasteiger partial charge in [-0.1, -0.05) is 15.9 Å². The SMILES string of the molecule is CC(C(=O)Nc1ccc(Br)cc1C(F)(F)F)=C1CNC1. The molecule has 108 valence electrons. The number of halogens is 4. The fraction of sp³-hybridized carbons (Fsp3) is 0.308. The van der Waals surface area contributed by atoms with Crippen molar-refractivity contribution >= 4 is 27.5 Å². The number of alkyl halides is 3. The number of hydrogen-bond acceptors (Lipinski definition) is 2. The number of carbonyl (C=O) groups excluding carboxylic acids is 1. The third kappa shape index (κ3) is 3.21. The number of amides is 1. The fourth-order valence-electron chi connectivity index (χ4n) is 1.75. The van der Waals surface area contributed by atoms with Gasteiger partial charge in [-0.2, -0.15) is 13.2 Å². The first kappa shape index (κ1) is 15.1. The van der Waals surface area contributed by atoms with Crippen molar-refractivity contribution < 1.29 is 18.0 Å². The molecule has 1 fully saturated rings. The highest BCUT2D eigenvalue weighted by atomic mass is 79.9. The van der Waals surface area contributed by atoms with E-state index in [0.717, 1.165) is 11.6 Å². The van der Waals surface area contributed by atoms with Crippen molar-refractivity contribution in [3.05, 3.63) is 39.4 Å². The lowest BCUT2D eigenvalue weighted by Gasteiger charge is -2.22. The van der Waals surface area contributed by atoms with E-state index in [2.05, 4.69) is 26.6 Å². The molecule has 2 rings (SSSR count). The van der Waals surface area contributed by atoms with Gasteiger partial charge in [0.25, 0.3) is 5.91 Å². The summed E-state index contributed by atoms with van der Waals surface area (Å²) in [5.41, 5.74) is 0.260. The third-order valence-electron chi connectivity index (χ3n) is 3.08. The summed E-state index contributed by atoms with van der Waals surface area (Å²) in [6.45, 7) is 2.81. The summed E-state index contributed by atoms with van der Waals surface area (Å²) < 4.78 is 39.1. The van der Waals surface area contributed by atoms with E-state index >= 15 is 0 Å². The summed E-state index contributed by atoms with van der Waals surface area (Å²) in [6, 6.07) is 3.64. The second kappa shape index (κ2) is 5.57. The average molecular weight is 349 g/mol. The Labute approximate surface area is 122 Å². The molecule has 1 aromatic rings. The Morgan fingerprint density at radius 2 is 2.00 bits per heavy atom. The first-order chi connectivity index (χ1) is 9.29. The molecule has 3 nitrogen and oxygen atoms in total. The van der Waals surface area contributed by atoms with Gasteiger partial charge in [-0.25, -0.2) is 0 Å². The molecule has 1 heterocycles. The molecular formula is C13H12BrF3N2O. The Kier molecular flexibility index (Phi) is 4.19. The minimum Gasteiger partial charge on any atom is -0.322 e. The quantitative estimate of drug-likeness (QED) is 0.805. The zero-order valence-corrected chi connectivity index (χ0v) is 12.2. The fourth-order valence-corrected chi connectivity index (χ4v) is 2.11. The first-order valence-electron chi connectivity index (χ1n) is 5.86. The van der Waals surface area contributed by atoms with Crippen molar-refractivity contribution in [2.24, 2.45) is 0 Å². The maximum atomic E-state index is 12.9. The van der Waals surface area contributed by atoms with Crippen LogP contribution in [-0.2, 0) is 11.0 Å². The Morgan fingerprint density at radius 3 is 2.50 bits per heavy atom. The Balaban J connectivity index is 2.27. The van der Waals surface area contributed by atoms with E-state index in [4.69, 9.17) is 0 Å². The van der Waals surface area contributed by atoms with E-state index in [1.54, 1.807) is 6.92 Å². The van der Waals surface area contributed by atoms with Crippen molar-refractivity contribution in [3.8, 4) is 0 Å². The van der Waals surface area contributed by atoms with Gasteiger partial charge in [0.2, 0.25) is 0 Å². The predicted molar refractivity (Wildman–Crippen MR) is 73.3 cm³/mol. The lowest BCUT2D eigenvalue weighted by molar-refractivity contribution is -0.137. The molecule has 2 N–H and O–H groups in total. The molecule has 7 heteroatoms. The van der Waals surface area contributed by atoms with Crippen LogP contribution in [0, 0.1) is 0 Å². The van der Waals surface area contributed by atoms with Gasteiger partial charge in [0.05, 0.1) is 11.3 Å². The van der Waals surface area contributed by atoms with E-state index in [0.29, 0.717) is 23.1 Å². The van der Waals surface area contributed by atoms with E-state index in [1.807, 2.05) is 0 Å². The van der Waals surface area contributed by atoms with E-state index in [-0.39, 0.29) is 5.69 Å². The molecule has 0 radical (unpaired) electrons. The third-order valence-corrected chi connectivity index (χ3v) is 3.58. The van der Waals surface area contributed by atoms with Gasteiger partial charge in [0.15, 0.2) is 0 Å². The van der Waals surface area contributed by atoms with Crippen molar-refractivity contribution in [3.63, 3.8) is 0 Å². The van der Waals surface area contributed by atoms with E-state index in [9.17, 15) is 18.0 Å². The molecule has 1 aliphatic heterocycles. The minimum absolute atomic E-state index is 0.238. The van der Waals surface area contributed by atoms with Crippen LogP contribution in [0.15, 0.2) is 33.8 Å². The highest BCUT2D eigenvalue weighted by Gasteiger charge is 2.34. The van der Waals surface area contributed by atoms with Gasteiger partial charge in [-0.3, -0.25) is 4.79 Å². The molecule has 1 amide bonds. The molecule has 0 bridgehead atoms. The predicted octanol–water partition coefficient (Wildman–Crippen LogP) is 3.33. The summed E-state index contributed by atoms with van der Waals surface area (Å²) >= 11 is 3.00. The summed E-state index contributed by atoms with van der Waals surface area (Å²) in [7, 11) is 0. The Hall–Kier alpha value is -1.34. The first-order valence-corrected chi connectivity index (χ1v) is 6.66. The molecule has 0 unspecified atom stereocenters. The molecule has 0 atom stereocenters. The zero-order valence-electron chi connectivity index (χ0n) is 10.6. The van der Waals surface area contributed by atoms with Crippen LogP contribution in [0.4, 0.5) is 18.9 Å². The molecule has 0 saturated carbocycles. The normalized spacial score (nSPS) is 14.8. The van der Waals surface area contributed by atoms with Crippen LogP contribution >= 0.6 is 15.9 Å². The van der Waals surface area contributed by atoms with Gasteiger partial charge < -0.3 is 10.6 Å². The molecule has 1 saturated heterocycles. The average Bonchev–Trinajstić information content (AvgIpc) is 2.27. The molecule has 0 aromatic heterocycles. The standard InChI is InChI=1S/C13H12BrF3N2O/c1-7(8-5-18-6-8)12(20)19-11-3-2-9(14)4-10(11)13(15,16)17/h2-4,18H,5-6H2,1H3,(H,19,20). The molecule has 20 heavy (non-hydrogen) atoms. The van der Waals surface area contributed by atoms with Crippen LogP contribution in [0.2, 0.25) is 0 Å². The second-order valence-corrected chi connectivity index (χ2v) is 5.39. The number of nitrogens with one attached hydrogen (secondary N) is 2. The van der Waals surface area contributed by atoms with Gasteiger partial charge in [0.1, 0.15) is 0 Å². The molecule has 0 aliphatic carbocycles. The summed E-state index contributed by atoms with van der Waals surface area (Å²) in [5.74, 6) is -0.505. The van der Waals surface area contributed by atoms with E-state index < -0.39 is 17.6 Å². The van der Waals surface area contributed by atoms with Gasteiger partial charge in [-0.05, 0) is 30.7 Å². The topological polar surface area (TPSA) is 41.1 Å². The van der Waals surface area contributed by atoms with Crippen LogP contribution < -0.4 is 10.6 Å². The van der Waals surface area contributed by atoms with Crippen molar-refractivity contribution in [2.45, 2.75) is 13.1 Å². The minimum atomic E-state index is -4.52. The molecule has 0 spiro atoms. The largest absolute Gasteiger partial charge is 0.418 e. The smallest absolute Gasteiger partial charge is 0.322 e. The van der Waals surface area contributed by atoms with Crippen LogP contribution in [0.25, 0.3) is 0 Å². The van der Waals surface area contributed by atoms with Crippen LogP contribution in [-0.4, -0.2) is 19.0 Å². The molecular weight excluding hydrogens is 337 g/mol. The van der Waals surface area contributed by atoms with Crippen LogP contribution in [0.3, 0.4) is 0 Å². The Morgan fingerprint density at radius 1 is 1.35 bits per heavy atom. The molecule has 1 aromatic carbocycles. The summed E-state index contributed by atoms with van der Waals surface area (Å²) in [5, 5.41) is 5.31. The van der Waals surface area contributed by atoms with Gasteiger partial charge in [0, 0.05) is 23.1 Å². The monoisotopic (exact) mass is 348 g/mol.